The number of hydrogen-bond donors (Lipinski definition) is 1. The maximum Gasteiger partial charge on any atom is 0.289 e. The lowest BCUT2D eigenvalue weighted by molar-refractivity contribution is -0.385. The molecule has 1 aromatic heterocycles. The Balaban J connectivity index is 1.51. The van der Waals surface area contributed by atoms with Crippen LogP contribution < -0.4 is 10.2 Å². The van der Waals surface area contributed by atoms with Gasteiger partial charge in [-0.3, -0.25) is 14.9 Å². The summed E-state index contributed by atoms with van der Waals surface area (Å²) in [6, 6.07) is 19.6. The minimum Gasteiger partial charge on any atom is -0.489 e. The smallest absolute Gasteiger partial charge is 0.289 e. The quantitative estimate of drug-likeness (QED) is 0.387. The van der Waals surface area contributed by atoms with Crippen molar-refractivity contribution in [2.45, 2.75) is 6.61 Å². The van der Waals surface area contributed by atoms with Gasteiger partial charge in [0.25, 0.3) is 11.6 Å². The van der Waals surface area contributed by atoms with E-state index >= 15 is 0 Å². The van der Waals surface area contributed by atoms with Crippen molar-refractivity contribution in [3.63, 3.8) is 0 Å². The summed E-state index contributed by atoms with van der Waals surface area (Å²) in [6.07, 6.45) is 2.50. The van der Waals surface area contributed by atoms with Crippen LogP contribution in [0.2, 0.25) is 0 Å². The monoisotopic (exact) mass is 376 g/mol. The number of hydrogen-bond acceptors (Lipinski definition) is 6. The highest BCUT2D eigenvalue weighted by Crippen LogP contribution is 2.13. The first-order valence-corrected chi connectivity index (χ1v) is 8.32. The third-order valence-electron chi connectivity index (χ3n) is 3.70. The molecule has 0 spiro atoms. The third-order valence-corrected chi connectivity index (χ3v) is 3.70. The maximum absolute atomic E-state index is 11.9. The molecule has 1 amide bonds. The summed E-state index contributed by atoms with van der Waals surface area (Å²) in [5.41, 5.74) is 4.02. The van der Waals surface area contributed by atoms with Gasteiger partial charge in [-0.1, -0.05) is 30.3 Å². The van der Waals surface area contributed by atoms with E-state index in [0.29, 0.717) is 6.61 Å². The molecule has 3 rings (SSSR count). The number of hydrazone groups is 1. The van der Waals surface area contributed by atoms with Gasteiger partial charge in [0.2, 0.25) is 0 Å². The van der Waals surface area contributed by atoms with E-state index < -0.39 is 10.8 Å². The number of nitrogens with zero attached hydrogens (tertiary/aromatic N) is 3. The van der Waals surface area contributed by atoms with Crippen molar-refractivity contribution >= 4 is 17.8 Å². The van der Waals surface area contributed by atoms with E-state index in [2.05, 4.69) is 15.5 Å². The Bertz CT molecular complexity index is 971. The average Bonchev–Trinajstić information content (AvgIpc) is 2.74. The Kier molecular flexibility index (Phi) is 6.04. The fourth-order valence-electron chi connectivity index (χ4n) is 2.24. The van der Waals surface area contributed by atoms with Crippen LogP contribution in [0.15, 0.2) is 78.0 Å². The summed E-state index contributed by atoms with van der Waals surface area (Å²) in [5, 5.41) is 14.4. The van der Waals surface area contributed by atoms with Crippen LogP contribution in [-0.2, 0) is 6.61 Å². The zero-order chi connectivity index (χ0) is 19.8. The number of aromatic nitrogens is 1. The van der Waals surface area contributed by atoms with Crippen LogP contribution in [0.5, 0.6) is 5.75 Å². The number of benzene rings is 2. The number of nitro groups is 1. The number of nitrogens with one attached hydrogen (secondary N) is 1. The minimum absolute atomic E-state index is 0.0346. The van der Waals surface area contributed by atoms with E-state index in [1.165, 1.54) is 18.3 Å². The lowest BCUT2D eigenvalue weighted by Gasteiger charge is -2.06. The van der Waals surface area contributed by atoms with Crippen LogP contribution in [0.4, 0.5) is 5.69 Å². The Morgan fingerprint density at radius 3 is 2.50 bits per heavy atom. The first-order valence-electron chi connectivity index (χ1n) is 8.32. The number of pyridine rings is 1. The second-order valence-corrected chi connectivity index (χ2v) is 5.70. The molecule has 0 saturated heterocycles. The molecule has 0 atom stereocenters. The van der Waals surface area contributed by atoms with Crippen molar-refractivity contribution in [1.82, 2.24) is 10.4 Å². The van der Waals surface area contributed by atoms with E-state index in [9.17, 15) is 14.9 Å². The Morgan fingerprint density at radius 2 is 1.86 bits per heavy atom. The molecular formula is C20H16N4O4. The highest BCUT2D eigenvalue weighted by atomic mass is 16.6. The molecule has 2 aromatic carbocycles. The largest absolute Gasteiger partial charge is 0.489 e. The van der Waals surface area contributed by atoms with Crippen LogP contribution in [0.25, 0.3) is 0 Å². The van der Waals surface area contributed by atoms with Crippen LogP contribution in [0.3, 0.4) is 0 Å². The molecule has 0 unspecified atom stereocenters. The van der Waals surface area contributed by atoms with Gasteiger partial charge in [0, 0.05) is 6.07 Å². The fourth-order valence-corrected chi connectivity index (χ4v) is 2.24. The molecule has 0 radical (unpaired) electrons. The van der Waals surface area contributed by atoms with E-state index in [0.717, 1.165) is 23.1 Å². The Labute approximate surface area is 160 Å². The zero-order valence-corrected chi connectivity index (χ0v) is 14.7. The lowest BCUT2D eigenvalue weighted by Crippen LogP contribution is -2.18. The molecule has 8 nitrogen and oxygen atoms in total. The molecule has 1 heterocycles. The average molecular weight is 376 g/mol. The molecule has 0 saturated carbocycles. The summed E-state index contributed by atoms with van der Waals surface area (Å²) < 4.78 is 5.70. The van der Waals surface area contributed by atoms with Gasteiger partial charge in [-0.25, -0.2) is 10.4 Å². The molecule has 0 fully saturated rings. The van der Waals surface area contributed by atoms with Gasteiger partial charge in [0.1, 0.15) is 24.2 Å². The topological polar surface area (TPSA) is 107 Å². The van der Waals surface area contributed by atoms with Crippen LogP contribution in [-0.4, -0.2) is 22.0 Å². The second-order valence-electron chi connectivity index (χ2n) is 5.70. The summed E-state index contributed by atoms with van der Waals surface area (Å²) >= 11 is 0. The predicted octanol–water partition coefficient (Wildman–Crippen LogP) is 3.33. The molecule has 1 N–H and O–H groups in total. The standard InChI is InChI=1S/C20H16N4O4/c25-20(19-11-8-17(13-21-19)24(26)27)23-22-12-15-6-9-18(10-7-15)28-14-16-4-2-1-3-5-16/h1-13H,14H2,(H,23,25)/b22-12+. The zero-order valence-electron chi connectivity index (χ0n) is 14.7. The van der Waals surface area contributed by atoms with Crippen molar-refractivity contribution < 1.29 is 14.5 Å². The number of carbonyl (C=O) groups excluding carboxylic acids is 1. The van der Waals surface area contributed by atoms with Gasteiger partial charge in [0.15, 0.2) is 0 Å². The Morgan fingerprint density at radius 1 is 1.11 bits per heavy atom. The number of rotatable bonds is 7. The van der Waals surface area contributed by atoms with Gasteiger partial charge in [-0.2, -0.15) is 5.10 Å². The van der Waals surface area contributed by atoms with E-state index in [1.54, 1.807) is 12.1 Å². The summed E-state index contributed by atoms with van der Waals surface area (Å²) in [4.78, 5) is 25.6. The van der Waals surface area contributed by atoms with Gasteiger partial charge in [-0.05, 0) is 41.5 Å². The van der Waals surface area contributed by atoms with E-state index in [1.807, 2.05) is 42.5 Å². The van der Waals surface area contributed by atoms with Crippen molar-refractivity contribution in [3.8, 4) is 5.75 Å². The van der Waals surface area contributed by atoms with Gasteiger partial charge >= 0.3 is 0 Å². The van der Waals surface area contributed by atoms with Crippen LogP contribution in [0.1, 0.15) is 21.6 Å². The first kappa shape index (κ1) is 18.7. The van der Waals surface area contributed by atoms with Gasteiger partial charge < -0.3 is 4.74 Å². The molecular weight excluding hydrogens is 360 g/mol. The highest BCUT2D eigenvalue weighted by molar-refractivity contribution is 5.93. The van der Waals surface area contributed by atoms with Crippen molar-refractivity contribution in [3.05, 3.63) is 99.9 Å². The molecule has 0 aliphatic rings. The number of carbonyl (C=O) groups is 1. The molecule has 8 heteroatoms. The second kappa shape index (κ2) is 9.04. The van der Waals surface area contributed by atoms with Crippen molar-refractivity contribution in [2.24, 2.45) is 5.10 Å². The number of ether oxygens (including phenoxy) is 1. The SMILES string of the molecule is O=C(N/N=C/c1ccc(OCc2ccccc2)cc1)c1ccc([N+](=O)[O-])cn1. The molecule has 3 aromatic rings. The third kappa shape index (κ3) is 5.21. The molecule has 0 bridgehead atoms. The van der Waals surface area contributed by atoms with Crippen LogP contribution in [0, 0.1) is 10.1 Å². The summed E-state index contributed by atoms with van der Waals surface area (Å²) in [5.74, 6) is 0.161. The van der Waals surface area contributed by atoms with Crippen LogP contribution >= 0.6 is 0 Å². The van der Waals surface area contributed by atoms with Crippen molar-refractivity contribution in [1.29, 1.82) is 0 Å². The predicted molar refractivity (Wildman–Crippen MR) is 103 cm³/mol. The fraction of sp³-hybridized carbons (Fsp3) is 0.0500. The molecule has 0 aliphatic heterocycles. The van der Waals surface area contributed by atoms with E-state index in [-0.39, 0.29) is 11.4 Å². The molecule has 28 heavy (non-hydrogen) atoms. The lowest BCUT2D eigenvalue weighted by atomic mass is 10.2. The summed E-state index contributed by atoms with van der Waals surface area (Å²) in [7, 11) is 0. The molecule has 140 valence electrons. The first-order chi connectivity index (χ1) is 13.6. The number of amides is 1. The Hall–Kier alpha value is -4.07. The maximum atomic E-state index is 11.9. The van der Waals surface area contributed by atoms with Gasteiger partial charge in [0.05, 0.1) is 11.1 Å². The van der Waals surface area contributed by atoms with Gasteiger partial charge in [-0.15, -0.1) is 0 Å². The van der Waals surface area contributed by atoms with E-state index in [4.69, 9.17) is 4.74 Å². The molecule has 0 aliphatic carbocycles. The van der Waals surface area contributed by atoms with Crippen molar-refractivity contribution in [2.75, 3.05) is 0 Å². The summed E-state index contributed by atoms with van der Waals surface area (Å²) in [6.45, 7) is 0.479. The highest BCUT2D eigenvalue weighted by Gasteiger charge is 2.10. The normalized spacial score (nSPS) is 10.6. The minimum atomic E-state index is -0.583.